The fourth-order valence-electron chi connectivity index (χ4n) is 2.73. The lowest BCUT2D eigenvalue weighted by molar-refractivity contribution is 1.54. The summed E-state index contributed by atoms with van der Waals surface area (Å²) < 4.78 is 0. The molecule has 0 aliphatic rings. The Bertz CT molecular complexity index is 930. The van der Waals surface area contributed by atoms with Crippen LogP contribution in [-0.2, 0) is 0 Å². The van der Waals surface area contributed by atoms with Crippen LogP contribution in [0.2, 0.25) is 0 Å². The van der Waals surface area contributed by atoms with Crippen LogP contribution in [0.25, 0.3) is 34.0 Å². The van der Waals surface area contributed by atoms with Crippen LogP contribution in [0.15, 0.2) is 72.8 Å². The molecule has 1 N–H and O–H groups in total. The van der Waals surface area contributed by atoms with Crippen molar-refractivity contribution in [2.24, 2.45) is 0 Å². The van der Waals surface area contributed by atoms with Gasteiger partial charge in [0.25, 0.3) is 0 Å². The Hall–Kier alpha value is -2.80. The summed E-state index contributed by atoms with van der Waals surface area (Å²) in [6.45, 7) is 0. The molecule has 0 saturated carbocycles. The van der Waals surface area contributed by atoms with E-state index in [4.69, 9.17) is 0 Å². The third-order valence-corrected chi connectivity index (χ3v) is 3.80. The largest absolute Gasteiger partial charge is 0.355 e. The van der Waals surface area contributed by atoms with Gasteiger partial charge in [-0.25, -0.2) is 0 Å². The molecule has 1 heteroatoms. The van der Waals surface area contributed by atoms with Gasteiger partial charge in [-0.1, -0.05) is 66.7 Å². The van der Waals surface area contributed by atoms with Gasteiger partial charge in [0.15, 0.2) is 0 Å². The fourth-order valence-corrected chi connectivity index (χ4v) is 2.73. The highest BCUT2D eigenvalue weighted by Crippen LogP contribution is 2.26. The Kier molecular flexibility index (Phi) is 2.82. The quantitative estimate of drug-likeness (QED) is 0.463. The first-order chi connectivity index (χ1) is 10.4. The summed E-state index contributed by atoms with van der Waals surface area (Å²) in [5.74, 6) is 0. The number of hydrogen-bond donors (Lipinski definition) is 1. The molecule has 0 bridgehead atoms. The highest BCUT2D eigenvalue weighted by atomic mass is 14.7. The SMILES string of the molecule is C(=Cc1ccc2[nH]c3ccccc3c2c1)c1ccccc1. The molecule has 0 aliphatic heterocycles. The van der Waals surface area contributed by atoms with Gasteiger partial charge in [0.05, 0.1) is 0 Å². The van der Waals surface area contributed by atoms with Gasteiger partial charge in [-0.3, -0.25) is 0 Å². The fraction of sp³-hybridized carbons (Fsp3) is 0. The topological polar surface area (TPSA) is 15.8 Å². The van der Waals surface area contributed by atoms with E-state index in [-0.39, 0.29) is 0 Å². The molecule has 100 valence electrons. The number of hydrogen-bond acceptors (Lipinski definition) is 0. The van der Waals surface area contributed by atoms with E-state index in [1.807, 2.05) is 6.07 Å². The maximum atomic E-state index is 3.45. The number of para-hydroxylation sites is 1. The zero-order chi connectivity index (χ0) is 14.1. The molecule has 21 heavy (non-hydrogen) atoms. The highest BCUT2D eigenvalue weighted by molar-refractivity contribution is 6.07. The zero-order valence-electron chi connectivity index (χ0n) is 11.6. The second kappa shape index (κ2) is 4.95. The first-order valence-electron chi connectivity index (χ1n) is 7.14. The minimum Gasteiger partial charge on any atom is -0.355 e. The van der Waals surface area contributed by atoms with Crippen molar-refractivity contribution in [3.8, 4) is 0 Å². The van der Waals surface area contributed by atoms with E-state index >= 15 is 0 Å². The smallest absolute Gasteiger partial charge is 0.0465 e. The Morgan fingerprint density at radius 3 is 2.19 bits per heavy atom. The summed E-state index contributed by atoms with van der Waals surface area (Å²) >= 11 is 0. The maximum Gasteiger partial charge on any atom is 0.0465 e. The Balaban J connectivity index is 1.80. The summed E-state index contributed by atoms with van der Waals surface area (Å²) in [6, 6.07) is 25.4. The number of H-pyrrole nitrogens is 1. The number of fused-ring (bicyclic) bond motifs is 3. The van der Waals surface area contributed by atoms with Crippen LogP contribution in [0.1, 0.15) is 11.1 Å². The molecule has 3 aromatic carbocycles. The molecule has 4 aromatic rings. The lowest BCUT2D eigenvalue weighted by atomic mass is 10.1. The second-order valence-electron chi connectivity index (χ2n) is 5.22. The van der Waals surface area contributed by atoms with Crippen molar-refractivity contribution in [3.05, 3.63) is 83.9 Å². The number of rotatable bonds is 2. The minimum absolute atomic E-state index is 1.19. The maximum absolute atomic E-state index is 3.45. The normalized spacial score (nSPS) is 11.6. The summed E-state index contributed by atoms with van der Waals surface area (Å²) in [7, 11) is 0. The lowest BCUT2D eigenvalue weighted by Crippen LogP contribution is -1.74. The van der Waals surface area contributed by atoms with Gasteiger partial charge in [0.1, 0.15) is 0 Å². The Morgan fingerprint density at radius 1 is 0.571 bits per heavy atom. The summed E-state index contributed by atoms with van der Waals surface area (Å²) in [6.07, 6.45) is 4.31. The van der Waals surface area contributed by atoms with E-state index in [2.05, 4.69) is 83.9 Å². The molecule has 0 spiro atoms. The van der Waals surface area contributed by atoms with Gasteiger partial charge in [0, 0.05) is 21.8 Å². The van der Waals surface area contributed by atoms with Crippen molar-refractivity contribution in [1.82, 2.24) is 4.98 Å². The van der Waals surface area contributed by atoms with Crippen LogP contribution in [0.4, 0.5) is 0 Å². The molecule has 0 aliphatic carbocycles. The van der Waals surface area contributed by atoms with Crippen LogP contribution < -0.4 is 0 Å². The van der Waals surface area contributed by atoms with Crippen molar-refractivity contribution in [1.29, 1.82) is 0 Å². The van der Waals surface area contributed by atoms with Crippen molar-refractivity contribution in [2.75, 3.05) is 0 Å². The van der Waals surface area contributed by atoms with Crippen molar-refractivity contribution >= 4 is 34.0 Å². The molecule has 0 saturated heterocycles. The van der Waals surface area contributed by atoms with Crippen molar-refractivity contribution < 1.29 is 0 Å². The first kappa shape index (κ1) is 12.0. The predicted molar refractivity (Wildman–Crippen MR) is 91.2 cm³/mol. The molecule has 0 amide bonds. The average Bonchev–Trinajstić information content (AvgIpc) is 2.92. The van der Waals surface area contributed by atoms with E-state index in [1.165, 1.54) is 32.9 Å². The standard InChI is InChI=1S/C20H15N/c1-2-6-15(7-3-1)10-11-16-12-13-20-18(14-16)17-8-4-5-9-19(17)21-20/h1-14,21H. The van der Waals surface area contributed by atoms with Crippen molar-refractivity contribution in [3.63, 3.8) is 0 Å². The number of benzene rings is 3. The third-order valence-electron chi connectivity index (χ3n) is 3.80. The number of nitrogens with one attached hydrogen (secondary N) is 1. The summed E-state index contributed by atoms with van der Waals surface area (Å²) in [5.41, 5.74) is 4.82. The lowest BCUT2D eigenvalue weighted by Gasteiger charge is -1.96. The molecule has 0 fully saturated rings. The van der Waals surface area contributed by atoms with Crippen LogP contribution in [-0.4, -0.2) is 4.98 Å². The predicted octanol–water partition coefficient (Wildman–Crippen LogP) is 5.49. The molecule has 4 rings (SSSR count). The van der Waals surface area contributed by atoms with E-state index in [0.29, 0.717) is 0 Å². The Labute approximate surface area is 123 Å². The zero-order valence-corrected chi connectivity index (χ0v) is 11.6. The van der Waals surface area contributed by atoms with Gasteiger partial charge in [-0.2, -0.15) is 0 Å². The monoisotopic (exact) mass is 269 g/mol. The van der Waals surface area contributed by atoms with Crippen LogP contribution >= 0.6 is 0 Å². The first-order valence-corrected chi connectivity index (χ1v) is 7.14. The number of aromatic nitrogens is 1. The van der Waals surface area contributed by atoms with E-state index in [9.17, 15) is 0 Å². The molecule has 0 radical (unpaired) electrons. The molecule has 0 atom stereocenters. The van der Waals surface area contributed by atoms with Gasteiger partial charge in [-0.05, 0) is 29.3 Å². The van der Waals surface area contributed by atoms with Gasteiger partial charge in [-0.15, -0.1) is 0 Å². The van der Waals surface area contributed by atoms with E-state index in [1.54, 1.807) is 0 Å². The molecular weight excluding hydrogens is 254 g/mol. The van der Waals surface area contributed by atoms with Gasteiger partial charge < -0.3 is 4.98 Å². The van der Waals surface area contributed by atoms with Gasteiger partial charge in [0.2, 0.25) is 0 Å². The third kappa shape index (κ3) is 2.23. The molecule has 1 nitrogen and oxygen atoms in total. The second-order valence-corrected chi connectivity index (χ2v) is 5.22. The van der Waals surface area contributed by atoms with Crippen LogP contribution in [0.5, 0.6) is 0 Å². The molecule has 1 aromatic heterocycles. The van der Waals surface area contributed by atoms with Crippen LogP contribution in [0, 0.1) is 0 Å². The molecular formula is C20H15N. The summed E-state index contributed by atoms with van der Waals surface area (Å²) in [5, 5.41) is 2.56. The van der Waals surface area contributed by atoms with Crippen molar-refractivity contribution in [2.45, 2.75) is 0 Å². The van der Waals surface area contributed by atoms with Crippen LogP contribution in [0.3, 0.4) is 0 Å². The highest BCUT2D eigenvalue weighted by Gasteiger charge is 2.03. The average molecular weight is 269 g/mol. The molecule has 1 heterocycles. The van der Waals surface area contributed by atoms with Gasteiger partial charge >= 0.3 is 0 Å². The molecule has 0 unspecified atom stereocenters. The summed E-state index contributed by atoms with van der Waals surface area (Å²) in [4.78, 5) is 3.45. The minimum atomic E-state index is 1.19. The Morgan fingerprint density at radius 2 is 1.29 bits per heavy atom. The van der Waals surface area contributed by atoms with E-state index < -0.39 is 0 Å². The van der Waals surface area contributed by atoms with E-state index in [0.717, 1.165) is 0 Å². The number of aromatic amines is 1.